The number of nitrogens with two attached hydrogens (primary N) is 2. The van der Waals surface area contributed by atoms with Crippen LogP contribution in [0.3, 0.4) is 0 Å². The van der Waals surface area contributed by atoms with Crippen molar-refractivity contribution >= 4 is 91.6 Å². The van der Waals surface area contributed by atoms with Crippen LogP contribution in [0.2, 0.25) is 0 Å². The highest BCUT2D eigenvalue weighted by molar-refractivity contribution is 8.76. The predicted molar refractivity (Wildman–Crippen MR) is 343 cm³/mol. The monoisotopic (exact) mass is 1280 g/mol. The van der Waals surface area contributed by atoms with Gasteiger partial charge in [-0.05, 0) is 91.7 Å². The third kappa shape index (κ3) is 20.4. The van der Waals surface area contributed by atoms with Crippen molar-refractivity contribution in [2.24, 2.45) is 11.5 Å². The summed E-state index contributed by atoms with van der Waals surface area (Å²) in [6.45, 7) is 1.41. The first-order valence-electron chi connectivity index (χ1n) is 29.5. The number of aliphatic carboxylic acids is 1. The van der Waals surface area contributed by atoms with Crippen LogP contribution in [0.15, 0.2) is 146 Å². The highest BCUT2D eigenvalue weighted by atomic mass is 33.1. The number of carbonyl (C=O) groups excluding carboxylic acids is 9. The average Bonchev–Trinajstić information content (AvgIpc) is 2.17. The number of benzene rings is 5. The molecule has 10 atom stereocenters. The number of nitrogens with one attached hydrogen (secondary N) is 9. The number of nitrogens with zero attached hydrogens (tertiary/aromatic N) is 1. The molecule has 25 nitrogen and oxygen atoms in total. The molecule has 1 aromatic heterocycles. The van der Waals surface area contributed by atoms with E-state index < -0.39 is 120 Å². The SMILES string of the molecule is C[C@@H](O)[C@@H]1NC(=O)[C@H](CCCCN)NC(=O)[C@@H](Cc2c[nH]c3ccccc23)NC(=O)[C@@H](N(C)C(=O)c2ccccc2)NC(=O)[C@H](Cc2ccccc2)NC(=O)[C@@H](NC(=O)[C@@H](N)Cc2ccc(O)cc2)CSSC[C@@H](C(=O)O)NC(=O)[C@H](Cc2ccccc2)NC1=O. The molecule has 1 saturated heterocycles. The molecule has 6 aromatic rings. The summed E-state index contributed by atoms with van der Waals surface area (Å²) in [5.41, 5.74) is 15.2. The van der Waals surface area contributed by atoms with Crippen molar-refractivity contribution in [1.82, 2.24) is 52.4 Å². The Balaban J connectivity index is 1.32. The number of amides is 9. The summed E-state index contributed by atoms with van der Waals surface area (Å²) in [6, 6.07) is 25.4. The Bertz CT molecular complexity index is 3480. The molecule has 0 bridgehead atoms. The number of phenols is 1. The van der Waals surface area contributed by atoms with Crippen LogP contribution in [0.5, 0.6) is 5.75 Å². The number of hydrogen-bond donors (Lipinski definition) is 14. The van der Waals surface area contributed by atoms with Crippen molar-refractivity contribution in [2.75, 3.05) is 25.1 Å². The molecular weight excluding hydrogens is 1210 g/mol. The number of H-pyrrole nitrogens is 1. The van der Waals surface area contributed by atoms with Gasteiger partial charge in [0.25, 0.3) is 11.8 Å². The van der Waals surface area contributed by atoms with Gasteiger partial charge in [-0.25, -0.2) is 4.79 Å². The fraction of sp³-hybridized carbons (Fsp3) is 0.344. The van der Waals surface area contributed by atoms with Gasteiger partial charge < -0.3 is 79.2 Å². The number of carboxylic acids is 1. The smallest absolute Gasteiger partial charge is 0.327 e. The summed E-state index contributed by atoms with van der Waals surface area (Å²) in [5, 5.41) is 53.2. The van der Waals surface area contributed by atoms with E-state index in [1.54, 1.807) is 121 Å². The molecule has 7 rings (SSSR count). The van der Waals surface area contributed by atoms with Gasteiger partial charge in [-0.3, -0.25) is 43.2 Å². The van der Waals surface area contributed by atoms with E-state index in [-0.39, 0.29) is 67.9 Å². The lowest BCUT2D eigenvalue weighted by molar-refractivity contribution is -0.141. The minimum atomic E-state index is -1.95. The van der Waals surface area contributed by atoms with Crippen molar-refractivity contribution < 1.29 is 63.3 Å². The molecule has 5 aromatic carbocycles. The van der Waals surface area contributed by atoms with Gasteiger partial charge in [-0.1, -0.05) is 131 Å². The second-order valence-corrected chi connectivity index (χ2v) is 24.5. The highest BCUT2D eigenvalue weighted by Crippen LogP contribution is 2.25. The molecule has 0 radical (unpaired) electrons. The number of carbonyl (C=O) groups is 10. The first-order valence-corrected chi connectivity index (χ1v) is 31.9. The number of aromatic hydroxyl groups is 1. The lowest BCUT2D eigenvalue weighted by Gasteiger charge is -2.32. The number of hydrogen-bond acceptors (Lipinski definition) is 16. The maximum atomic E-state index is 15.3. The van der Waals surface area contributed by atoms with Gasteiger partial charge in [0.2, 0.25) is 41.4 Å². The van der Waals surface area contributed by atoms with Crippen LogP contribution < -0.4 is 54.0 Å². The van der Waals surface area contributed by atoms with Crippen LogP contribution in [0.25, 0.3) is 10.9 Å². The number of para-hydroxylation sites is 1. The summed E-state index contributed by atoms with van der Waals surface area (Å²) in [5.74, 6) is -10.7. The van der Waals surface area contributed by atoms with Gasteiger partial charge in [-0.15, -0.1) is 0 Å². The predicted octanol–water partition coefficient (Wildman–Crippen LogP) is 1.07. The maximum absolute atomic E-state index is 15.3. The largest absolute Gasteiger partial charge is 0.508 e. The molecule has 2 heterocycles. The molecule has 27 heteroatoms. The van der Waals surface area contributed by atoms with Gasteiger partial charge >= 0.3 is 5.97 Å². The number of unbranched alkanes of at least 4 members (excludes halogenated alkanes) is 1. The number of aromatic amines is 1. The van der Waals surface area contributed by atoms with Gasteiger partial charge in [0.15, 0.2) is 6.17 Å². The van der Waals surface area contributed by atoms with Crippen LogP contribution in [0, 0.1) is 0 Å². The fourth-order valence-electron chi connectivity index (χ4n) is 9.92. The van der Waals surface area contributed by atoms with Gasteiger partial charge in [0.1, 0.15) is 48.0 Å². The Kier molecular flexibility index (Phi) is 25.9. The lowest BCUT2D eigenvalue weighted by Crippen LogP contribution is -2.64. The van der Waals surface area contributed by atoms with E-state index in [2.05, 4.69) is 47.5 Å². The van der Waals surface area contributed by atoms with Crippen LogP contribution >= 0.6 is 21.6 Å². The third-order valence-corrected chi connectivity index (χ3v) is 17.4. The Labute approximate surface area is 533 Å². The Morgan fingerprint density at radius 2 is 1.13 bits per heavy atom. The molecule has 0 saturated carbocycles. The Morgan fingerprint density at radius 3 is 1.75 bits per heavy atom. The third-order valence-electron chi connectivity index (χ3n) is 15.0. The quantitative estimate of drug-likeness (QED) is 0.0423. The number of phenolic OH excluding ortho intramolecular Hbond substituents is 1. The molecule has 0 spiro atoms. The van der Waals surface area contributed by atoms with Crippen LogP contribution in [-0.4, -0.2) is 170 Å². The summed E-state index contributed by atoms with van der Waals surface area (Å²) < 4.78 is 0. The second kappa shape index (κ2) is 34.1. The Hall–Kier alpha value is -9.28. The molecule has 91 heavy (non-hydrogen) atoms. The van der Waals surface area contributed by atoms with Crippen LogP contribution in [0.4, 0.5) is 0 Å². The number of aliphatic hydroxyl groups is 1. The number of aliphatic hydroxyl groups excluding tert-OH is 1. The van der Waals surface area contributed by atoms with Crippen LogP contribution in [-0.2, 0) is 68.8 Å². The van der Waals surface area contributed by atoms with Crippen LogP contribution in [0.1, 0.15) is 58.8 Å². The van der Waals surface area contributed by atoms with E-state index in [9.17, 15) is 48.9 Å². The molecule has 1 aliphatic heterocycles. The summed E-state index contributed by atoms with van der Waals surface area (Å²) in [7, 11) is 3.06. The fourth-order valence-corrected chi connectivity index (χ4v) is 12.2. The van der Waals surface area contributed by atoms with Crippen molar-refractivity contribution in [3.05, 3.63) is 174 Å². The van der Waals surface area contributed by atoms with Crippen molar-refractivity contribution in [1.29, 1.82) is 0 Å². The zero-order chi connectivity index (χ0) is 65.6. The number of carboxylic acid groups (broad SMARTS) is 1. The van der Waals surface area contributed by atoms with E-state index in [0.717, 1.165) is 26.5 Å². The van der Waals surface area contributed by atoms with E-state index >= 15 is 14.4 Å². The zero-order valence-electron chi connectivity index (χ0n) is 50.0. The molecule has 0 aliphatic carbocycles. The summed E-state index contributed by atoms with van der Waals surface area (Å²) >= 11 is 0. The van der Waals surface area contributed by atoms with Crippen molar-refractivity contribution in [2.45, 2.75) is 112 Å². The Morgan fingerprint density at radius 1 is 0.604 bits per heavy atom. The first kappa shape index (κ1) is 69.2. The number of fused-ring (bicyclic) bond motifs is 1. The number of likely N-dealkylation sites (N-methyl/N-ethyl adjacent to an activating group) is 1. The highest BCUT2D eigenvalue weighted by Gasteiger charge is 2.39. The summed E-state index contributed by atoms with van der Waals surface area (Å²) in [6.07, 6.45) is -2.13. The number of aromatic nitrogens is 1. The minimum Gasteiger partial charge on any atom is -0.508 e. The normalized spacial score (nSPS) is 21.9. The minimum absolute atomic E-state index is 0.0269. The topological polar surface area (TPSA) is 399 Å². The average molecular weight is 1290 g/mol. The first-order chi connectivity index (χ1) is 43.7. The van der Waals surface area contributed by atoms with E-state index in [0.29, 0.717) is 39.6 Å². The standard InChI is InChI=1S/C64H76N12O13S2/c1-37(77)53-61(85)70-48(31-38-16-6-3-7-17-38)57(81)73-52(64(88)89)36-91-90-35-51(72-55(79)45(66)30-40-25-27-43(78)28-26-40)60(84)69-49(32-39-18-8-4-9-19-39)59(83)75-54(76(2)63(87)41-20-10-5-11-21-41)62(86)71-50(33-42-34-67-46-23-13-12-22-44(42)46)58(82)68-47(56(80)74-53)24-14-15-29-65/h3-13,16-23,25-28,34,37,45,47-54,67,77-78H,14-15,24,29-33,35-36,65-66H2,1-2H3,(H,68,82)(H,69,84)(H,70,85)(H,71,86)(H,72,79)(H,73,81)(H,74,80)(H,75,83)(H,88,89)/t37-,45+,47+,48+,49+,50-,51+,52+,53+,54-/m1/s1. The molecule has 9 amide bonds. The van der Waals surface area contributed by atoms with Gasteiger partial charge in [0.05, 0.1) is 12.1 Å². The second-order valence-electron chi connectivity index (χ2n) is 21.9. The van der Waals surface area contributed by atoms with E-state index in [1.807, 2.05) is 0 Å². The van der Waals surface area contributed by atoms with Crippen molar-refractivity contribution in [3.63, 3.8) is 0 Å². The van der Waals surface area contributed by atoms with Gasteiger partial charge in [-0.2, -0.15) is 0 Å². The summed E-state index contributed by atoms with van der Waals surface area (Å²) in [4.78, 5) is 149. The molecule has 1 aliphatic rings. The molecule has 482 valence electrons. The van der Waals surface area contributed by atoms with Gasteiger partial charge in [0, 0.05) is 60.5 Å². The number of rotatable bonds is 18. The lowest BCUT2D eigenvalue weighted by atomic mass is 10.0. The maximum Gasteiger partial charge on any atom is 0.327 e. The van der Waals surface area contributed by atoms with E-state index in [4.69, 9.17) is 11.5 Å². The molecule has 0 unspecified atom stereocenters. The molecule has 16 N–H and O–H groups in total. The van der Waals surface area contributed by atoms with E-state index in [1.165, 1.54) is 38.2 Å². The molecule has 1 fully saturated rings. The zero-order valence-corrected chi connectivity index (χ0v) is 51.7. The molecular formula is C64H76N12O13S2. The van der Waals surface area contributed by atoms with Crippen molar-refractivity contribution in [3.8, 4) is 5.75 Å².